The van der Waals surface area contributed by atoms with Crippen molar-refractivity contribution in [3.63, 3.8) is 0 Å². The predicted molar refractivity (Wildman–Crippen MR) is 81.9 cm³/mol. The van der Waals surface area contributed by atoms with E-state index < -0.39 is 16.1 Å². The van der Waals surface area contributed by atoms with Gasteiger partial charge in [-0.1, -0.05) is 0 Å². The Bertz CT molecular complexity index is 960. The monoisotopic (exact) mass is 318 g/mol. The summed E-state index contributed by atoms with van der Waals surface area (Å²) in [4.78, 5) is 20.3. The average Bonchev–Trinajstić information content (AvgIpc) is 2.86. The van der Waals surface area contributed by atoms with Gasteiger partial charge in [0.2, 0.25) is 10.0 Å². The molecule has 0 saturated heterocycles. The summed E-state index contributed by atoms with van der Waals surface area (Å²) in [5, 5.41) is 0. The highest BCUT2D eigenvalue weighted by atomic mass is 32.2. The third kappa shape index (κ3) is 2.78. The number of fused-ring (bicyclic) bond motifs is 1. The molecule has 3 aromatic rings. The number of imidazole rings is 1. The fraction of sp³-hybridized carbons (Fsp3) is 0.143. The quantitative estimate of drug-likeness (QED) is 0.673. The second-order valence-electron chi connectivity index (χ2n) is 4.91. The van der Waals surface area contributed by atoms with Crippen molar-refractivity contribution in [1.82, 2.24) is 19.7 Å². The number of H-pyrrole nitrogens is 2. The lowest BCUT2D eigenvalue weighted by molar-refractivity contribution is 0.567. The van der Waals surface area contributed by atoms with Gasteiger partial charge in [-0.15, -0.1) is 0 Å². The van der Waals surface area contributed by atoms with E-state index in [2.05, 4.69) is 19.7 Å². The van der Waals surface area contributed by atoms with Gasteiger partial charge < -0.3 is 9.97 Å². The van der Waals surface area contributed by atoms with Gasteiger partial charge in [0, 0.05) is 18.4 Å². The second-order valence-corrected chi connectivity index (χ2v) is 6.62. The fourth-order valence-corrected chi connectivity index (χ4v) is 3.46. The Labute approximate surface area is 126 Å². The molecule has 0 aliphatic heterocycles. The third-order valence-electron chi connectivity index (χ3n) is 3.34. The van der Waals surface area contributed by atoms with Crippen LogP contribution in [-0.2, 0) is 10.0 Å². The first-order valence-corrected chi connectivity index (χ1v) is 8.08. The number of rotatable bonds is 4. The first-order valence-electron chi connectivity index (χ1n) is 6.60. The third-order valence-corrected chi connectivity index (χ3v) is 4.87. The second kappa shape index (κ2) is 5.39. The summed E-state index contributed by atoms with van der Waals surface area (Å²) in [6.07, 6.45) is 3.22. The van der Waals surface area contributed by atoms with Crippen LogP contribution in [0.3, 0.4) is 0 Å². The van der Waals surface area contributed by atoms with Crippen LogP contribution >= 0.6 is 0 Å². The van der Waals surface area contributed by atoms with Gasteiger partial charge in [-0.2, -0.15) is 0 Å². The fourth-order valence-electron chi connectivity index (χ4n) is 2.20. The minimum atomic E-state index is -3.70. The number of hydrogen-bond acceptors (Lipinski definition) is 4. The zero-order valence-electron chi connectivity index (χ0n) is 11.7. The SMILES string of the molecule is CC(NS(=O)(=O)c1ccc2[nH]c(=O)[nH]c2c1)c1ccncc1. The van der Waals surface area contributed by atoms with Crippen molar-refractivity contribution in [1.29, 1.82) is 0 Å². The normalized spacial score (nSPS) is 13.3. The van der Waals surface area contributed by atoms with Crippen molar-refractivity contribution in [2.75, 3.05) is 0 Å². The summed E-state index contributed by atoms with van der Waals surface area (Å²) in [5.74, 6) is 0. The first kappa shape index (κ1) is 14.5. The van der Waals surface area contributed by atoms with Gasteiger partial charge in [0.1, 0.15) is 0 Å². The van der Waals surface area contributed by atoms with Crippen molar-refractivity contribution >= 4 is 21.1 Å². The summed E-state index contributed by atoms with van der Waals surface area (Å²) in [6.45, 7) is 1.75. The summed E-state index contributed by atoms with van der Waals surface area (Å²) in [6, 6.07) is 7.54. The Morgan fingerprint density at radius 1 is 1.09 bits per heavy atom. The zero-order chi connectivity index (χ0) is 15.7. The molecular formula is C14H14N4O3S. The van der Waals surface area contributed by atoms with Gasteiger partial charge in [-0.05, 0) is 42.8 Å². The molecule has 114 valence electrons. The summed E-state index contributed by atoms with van der Waals surface area (Å²) in [5.41, 5.74) is 1.45. The lowest BCUT2D eigenvalue weighted by Gasteiger charge is -2.14. The Hall–Kier alpha value is -2.45. The van der Waals surface area contributed by atoms with E-state index in [0.29, 0.717) is 11.0 Å². The van der Waals surface area contributed by atoms with Crippen LogP contribution in [0.5, 0.6) is 0 Å². The molecule has 8 heteroatoms. The molecule has 1 unspecified atom stereocenters. The molecule has 1 atom stereocenters. The molecule has 3 rings (SSSR count). The molecule has 2 aromatic heterocycles. The Morgan fingerprint density at radius 2 is 1.77 bits per heavy atom. The van der Waals surface area contributed by atoms with Crippen molar-refractivity contribution in [2.45, 2.75) is 17.9 Å². The molecule has 0 radical (unpaired) electrons. The maximum atomic E-state index is 12.4. The van der Waals surface area contributed by atoms with Crippen LogP contribution in [0.25, 0.3) is 11.0 Å². The lowest BCUT2D eigenvalue weighted by atomic mass is 10.1. The van der Waals surface area contributed by atoms with Gasteiger partial charge in [0.15, 0.2) is 0 Å². The van der Waals surface area contributed by atoms with Crippen LogP contribution in [0, 0.1) is 0 Å². The van der Waals surface area contributed by atoms with Crippen LogP contribution in [0.2, 0.25) is 0 Å². The number of benzene rings is 1. The van der Waals surface area contributed by atoms with E-state index in [9.17, 15) is 13.2 Å². The van der Waals surface area contributed by atoms with Crippen LogP contribution < -0.4 is 10.4 Å². The van der Waals surface area contributed by atoms with Crippen molar-refractivity contribution in [2.24, 2.45) is 0 Å². The molecule has 0 fully saturated rings. The number of pyridine rings is 1. The molecule has 0 amide bonds. The number of aromatic nitrogens is 3. The van der Waals surface area contributed by atoms with Gasteiger partial charge in [-0.3, -0.25) is 4.98 Å². The topological polar surface area (TPSA) is 108 Å². The van der Waals surface area contributed by atoms with Crippen molar-refractivity contribution in [3.8, 4) is 0 Å². The highest BCUT2D eigenvalue weighted by Gasteiger charge is 2.19. The zero-order valence-corrected chi connectivity index (χ0v) is 12.5. The highest BCUT2D eigenvalue weighted by Crippen LogP contribution is 2.18. The number of aromatic amines is 2. The molecule has 7 nitrogen and oxygen atoms in total. The Morgan fingerprint density at radius 3 is 2.50 bits per heavy atom. The van der Waals surface area contributed by atoms with Crippen LogP contribution in [0.15, 0.2) is 52.4 Å². The molecule has 22 heavy (non-hydrogen) atoms. The molecule has 2 heterocycles. The number of nitrogens with one attached hydrogen (secondary N) is 3. The maximum Gasteiger partial charge on any atom is 0.323 e. The van der Waals surface area contributed by atoms with Gasteiger partial charge in [0.05, 0.1) is 15.9 Å². The summed E-state index contributed by atoms with van der Waals surface area (Å²) >= 11 is 0. The highest BCUT2D eigenvalue weighted by molar-refractivity contribution is 7.89. The van der Waals surface area contributed by atoms with E-state index in [1.807, 2.05) is 0 Å². The van der Waals surface area contributed by atoms with Crippen molar-refractivity contribution < 1.29 is 8.42 Å². The van der Waals surface area contributed by atoms with Crippen molar-refractivity contribution in [3.05, 3.63) is 58.8 Å². The smallest absolute Gasteiger partial charge is 0.306 e. The molecule has 1 aromatic carbocycles. The predicted octanol–water partition coefficient (Wildman–Crippen LogP) is 1.29. The minimum absolute atomic E-state index is 0.0937. The Kier molecular flexibility index (Phi) is 3.55. The average molecular weight is 318 g/mol. The van der Waals surface area contributed by atoms with E-state index in [-0.39, 0.29) is 10.6 Å². The first-order chi connectivity index (χ1) is 10.5. The molecule has 0 aliphatic carbocycles. The lowest BCUT2D eigenvalue weighted by Crippen LogP contribution is -2.26. The molecular weight excluding hydrogens is 304 g/mol. The standard InChI is InChI=1S/C14H14N4O3S/c1-9(10-4-6-15-7-5-10)18-22(20,21)11-2-3-12-13(8-11)17-14(19)16-12/h2-9,18H,1H3,(H2,16,17,19). The minimum Gasteiger partial charge on any atom is -0.306 e. The van der Waals surface area contributed by atoms with E-state index in [4.69, 9.17) is 0 Å². The van der Waals surface area contributed by atoms with Gasteiger partial charge in [-0.25, -0.2) is 17.9 Å². The van der Waals surface area contributed by atoms with Crippen LogP contribution in [0.4, 0.5) is 0 Å². The number of nitrogens with zero attached hydrogens (tertiary/aromatic N) is 1. The summed E-state index contributed by atoms with van der Waals surface area (Å²) < 4.78 is 27.5. The van der Waals surface area contributed by atoms with Crippen LogP contribution in [-0.4, -0.2) is 23.4 Å². The van der Waals surface area contributed by atoms with E-state index in [1.54, 1.807) is 37.5 Å². The number of hydrogen-bond donors (Lipinski definition) is 3. The van der Waals surface area contributed by atoms with E-state index >= 15 is 0 Å². The number of sulfonamides is 1. The molecule has 0 aliphatic rings. The molecule has 3 N–H and O–H groups in total. The maximum absolute atomic E-state index is 12.4. The molecule has 0 saturated carbocycles. The summed E-state index contributed by atoms with van der Waals surface area (Å²) in [7, 11) is -3.70. The Balaban J connectivity index is 1.92. The largest absolute Gasteiger partial charge is 0.323 e. The van der Waals surface area contributed by atoms with E-state index in [1.165, 1.54) is 12.1 Å². The van der Waals surface area contributed by atoms with E-state index in [0.717, 1.165) is 5.56 Å². The van der Waals surface area contributed by atoms with Gasteiger partial charge in [0.25, 0.3) is 0 Å². The van der Waals surface area contributed by atoms with Crippen LogP contribution in [0.1, 0.15) is 18.5 Å². The van der Waals surface area contributed by atoms with Gasteiger partial charge >= 0.3 is 5.69 Å². The molecule has 0 spiro atoms. The molecule has 0 bridgehead atoms.